The lowest BCUT2D eigenvalue weighted by Crippen LogP contribution is -2.70. The summed E-state index contributed by atoms with van der Waals surface area (Å²) in [6, 6.07) is 54.0. The van der Waals surface area contributed by atoms with E-state index in [9.17, 15) is 14.4 Å². The number of thioether (sulfide) groups is 1. The molecule has 0 saturated carbocycles. The highest BCUT2D eigenvalue weighted by molar-refractivity contribution is 8.00. The molecule has 54 heavy (non-hydrogen) atoms. The van der Waals surface area contributed by atoms with Gasteiger partial charge in [-0.3, -0.25) is 14.5 Å². The summed E-state index contributed by atoms with van der Waals surface area (Å²) in [5.74, 6) is -0.594. The Bertz CT molecular complexity index is 2120. The number of ether oxygens (including phenoxy) is 1. The van der Waals surface area contributed by atoms with Crippen molar-refractivity contribution in [3.8, 4) is 0 Å². The topological polar surface area (TPSA) is 75.7 Å². The number of amides is 2. The summed E-state index contributed by atoms with van der Waals surface area (Å²) in [5, 5.41) is 8.00. The molecule has 0 spiro atoms. The van der Waals surface area contributed by atoms with Crippen LogP contribution in [-0.2, 0) is 25.5 Å². The van der Waals surface area contributed by atoms with E-state index in [0.29, 0.717) is 11.9 Å². The molecular formula is C45H38N2O4PS2+. The number of hydrogen-bond acceptors (Lipinski definition) is 6. The lowest BCUT2D eigenvalue weighted by atomic mass is 10.0. The van der Waals surface area contributed by atoms with E-state index in [4.69, 9.17) is 4.74 Å². The molecule has 2 aliphatic rings. The maximum atomic E-state index is 15.0. The molecule has 1 saturated heterocycles. The molecule has 1 N–H and O–H groups in total. The van der Waals surface area contributed by atoms with E-state index in [1.165, 1.54) is 27.3 Å². The minimum Gasteiger partial charge on any atom is -0.448 e. The summed E-state index contributed by atoms with van der Waals surface area (Å²) in [7, 11) is -2.45. The number of esters is 1. The molecule has 2 amide bonds. The second-order valence-corrected chi connectivity index (χ2v) is 18.9. The Morgan fingerprint density at radius 3 is 1.69 bits per heavy atom. The first-order valence-electron chi connectivity index (χ1n) is 17.9. The van der Waals surface area contributed by atoms with Crippen LogP contribution in [0, 0.1) is 0 Å². The maximum absolute atomic E-state index is 15.0. The van der Waals surface area contributed by atoms with Crippen molar-refractivity contribution < 1.29 is 19.1 Å². The molecule has 3 heterocycles. The minimum atomic E-state index is -2.45. The number of carbonyl (C=O) groups excluding carboxylic acids is 3. The molecule has 6 nitrogen and oxygen atoms in total. The normalized spacial score (nSPS) is 16.8. The number of nitrogens with zero attached hydrogens (tertiary/aromatic N) is 1. The second kappa shape index (κ2) is 16.0. The molecule has 268 valence electrons. The van der Waals surface area contributed by atoms with Crippen molar-refractivity contribution in [3.63, 3.8) is 0 Å². The maximum Gasteiger partial charge on any atom is 0.356 e. The van der Waals surface area contributed by atoms with Gasteiger partial charge in [-0.1, -0.05) is 121 Å². The van der Waals surface area contributed by atoms with Gasteiger partial charge in [-0.15, -0.1) is 23.1 Å². The highest BCUT2D eigenvalue weighted by Gasteiger charge is 2.57. The number of hydrogen-bond donors (Lipinski definition) is 1. The highest BCUT2D eigenvalue weighted by Crippen LogP contribution is 2.58. The van der Waals surface area contributed by atoms with Crippen molar-refractivity contribution in [2.24, 2.45) is 0 Å². The van der Waals surface area contributed by atoms with Crippen LogP contribution in [-0.4, -0.2) is 46.0 Å². The molecule has 8 rings (SSSR count). The summed E-state index contributed by atoms with van der Waals surface area (Å²) in [4.78, 5) is 44.9. The van der Waals surface area contributed by atoms with E-state index in [0.717, 1.165) is 21.6 Å². The molecule has 5 aromatic carbocycles. The summed E-state index contributed by atoms with van der Waals surface area (Å²) in [5.41, 5.74) is 2.78. The van der Waals surface area contributed by atoms with Crippen LogP contribution in [0.4, 0.5) is 0 Å². The van der Waals surface area contributed by atoms with Crippen molar-refractivity contribution in [3.05, 3.63) is 196 Å². The van der Waals surface area contributed by atoms with Gasteiger partial charge in [0.15, 0.2) is 6.10 Å². The Hall–Kier alpha value is -5.27. The van der Waals surface area contributed by atoms with Crippen LogP contribution >= 0.6 is 30.4 Å². The summed E-state index contributed by atoms with van der Waals surface area (Å²) < 4.78 is 6.54. The van der Waals surface area contributed by atoms with E-state index in [1.807, 2.05) is 96.4 Å². The van der Waals surface area contributed by atoms with E-state index >= 15 is 0 Å². The molecule has 0 unspecified atom stereocenters. The zero-order valence-corrected chi connectivity index (χ0v) is 31.9. The molecule has 1 fully saturated rings. The van der Waals surface area contributed by atoms with Gasteiger partial charge >= 0.3 is 5.97 Å². The number of nitrogens with one attached hydrogen (secondary N) is 1. The lowest BCUT2D eigenvalue weighted by Gasteiger charge is -2.50. The average molecular weight is 766 g/mol. The van der Waals surface area contributed by atoms with Crippen molar-refractivity contribution in [1.29, 1.82) is 0 Å². The number of fused-ring (bicyclic) bond motifs is 1. The van der Waals surface area contributed by atoms with Gasteiger partial charge in [0.2, 0.25) is 5.91 Å². The number of β-lactam (4-membered cyclic amide) rings is 1. The predicted octanol–water partition coefficient (Wildman–Crippen LogP) is 7.27. The monoisotopic (exact) mass is 765 g/mol. The van der Waals surface area contributed by atoms with Gasteiger partial charge < -0.3 is 10.1 Å². The number of rotatable bonds is 12. The average Bonchev–Trinajstić information content (AvgIpc) is 3.75. The Kier molecular flexibility index (Phi) is 10.6. The predicted molar refractivity (Wildman–Crippen MR) is 221 cm³/mol. The highest BCUT2D eigenvalue weighted by atomic mass is 32.2. The molecule has 2 aliphatic heterocycles. The minimum absolute atomic E-state index is 0.197. The summed E-state index contributed by atoms with van der Waals surface area (Å²) >= 11 is 3.09. The Morgan fingerprint density at radius 2 is 1.20 bits per heavy atom. The molecule has 9 heteroatoms. The lowest BCUT2D eigenvalue weighted by molar-refractivity contribution is -0.154. The smallest absolute Gasteiger partial charge is 0.356 e. The van der Waals surface area contributed by atoms with Crippen LogP contribution in [0.15, 0.2) is 180 Å². The van der Waals surface area contributed by atoms with E-state index < -0.39 is 30.8 Å². The van der Waals surface area contributed by atoms with Gasteiger partial charge in [0, 0.05) is 16.2 Å². The van der Waals surface area contributed by atoms with Crippen molar-refractivity contribution in [1.82, 2.24) is 10.2 Å². The fraction of sp³-hybridized carbons (Fsp3) is 0.133. The standard InChI is InChI=1S/C45H37N2O4PS2/c48-39(29-38-27-16-28-53-38)46-40-43(49)47-41(45(50)51-42(32-17-6-1-7-18-32)33-19-8-2-9-20-33)34(31-54-44(40)47)30-52(35-21-10-3-11-22-35,36-23-12-4-13-24-36)37-25-14-5-15-26-37/h1-28,40,42,44H,29-31H2/p+1/t40-,44-/m1/s1. The second-order valence-electron chi connectivity index (χ2n) is 13.2. The quantitative estimate of drug-likeness (QED) is 0.0807. The Morgan fingerprint density at radius 1 is 0.704 bits per heavy atom. The zero-order valence-electron chi connectivity index (χ0n) is 29.4. The summed E-state index contributed by atoms with van der Waals surface area (Å²) in [6.07, 6.45) is 0.0229. The van der Waals surface area contributed by atoms with Crippen LogP contribution < -0.4 is 21.2 Å². The van der Waals surface area contributed by atoms with Gasteiger partial charge in [-0.2, -0.15) is 0 Å². The van der Waals surface area contributed by atoms with E-state index in [2.05, 4.69) is 78.1 Å². The molecule has 0 aliphatic carbocycles. The van der Waals surface area contributed by atoms with E-state index in [-0.39, 0.29) is 23.9 Å². The first-order chi connectivity index (χ1) is 26.5. The molecule has 0 radical (unpaired) electrons. The first kappa shape index (κ1) is 35.7. The molecular weight excluding hydrogens is 728 g/mol. The van der Waals surface area contributed by atoms with Gasteiger partial charge in [-0.05, 0) is 59.0 Å². The fourth-order valence-corrected chi connectivity index (χ4v) is 13.9. The van der Waals surface area contributed by atoms with Crippen LogP contribution in [0.3, 0.4) is 0 Å². The van der Waals surface area contributed by atoms with Crippen molar-refractivity contribution in [2.75, 3.05) is 11.9 Å². The number of carbonyl (C=O) groups is 3. The van der Waals surface area contributed by atoms with Gasteiger partial charge in [0.05, 0.1) is 12.6 Å². The van der Waals surface area contributed by atoms with E-state index in [1.54, 1.807) is 16.7 Å². The summed E-state index contributed by atoms with van der Waals surface area (Å²) in [6.45, 7) is 0. The molecule has 6 aromatic rings. The third kappa shape index (κ3) is 7.05. The third-order valence-electron chi connectivity index (χ3n) is 9.92. The van der Waals surface area contributed by atoms with Gasteiger partial charge in [0.1, 0.15) is 40.3 Å². The number of thiophene rings is 1. The molecule has 2 atom stereocenters. The molecule has 0 bridgehead atoms. The third-order valence-corrected chi connectivity index (χ3v) is 16.5. The van der Waals surface area contributed by atoms with Crippen LogP contribution in [0.25, 0.3) is 0 Å². The van der Waals surface area contributed by atoms with Crippen molar-refractivity contribution in [2.45, 2.75) is 23.9 Å². The van der Waals surface area contributed by atoms with Gasteiger partial charge in [-0.25, -0.2) is 4.79 Å². The Labute approximate surface area is 324 Å². The first-order valence-corrected chi connectivity index (χ1v) is 21.8. The van der Waals surface area contributed by atoms with Crippen LogP contribution in [0.5, 0.6) is 0 Å². The number of benzene rings is 5. The van der Waals surface area contributed by atoms with Gasteiger partial charge in [0.25, 0.3) is 5.91 Å². The fourth-order valence-electron chi connectivity index (χ4n) is 7.39. The molecule has 1 aromatic heterocycles. The van der Waals surface area contributed by atoms with Crippen LogP contribution in [0.2, 0.25) is 0 Å². The van der Waals surface area contributed by atoms with Crippen LogP contribution in [0.1, 0.15) is 22.1 Å². The SMILES string of the molecule is O=C(Cc1cccs1)N[C@@H]1C(=O)N2C(C(=O)OC(c3ccccc3)c3ccccc3)=C(C[P+](c3ccccc3)(c3ccccc3)c3ccccc3)CS[C@H]12. The Balaban J connectivity index is 1.24. The van der Waals surface area contributed by atoms with Crippen molar-refractivity contribution >= 4 is 64.1 Å². The zero-order chi connectivity index (χ0) is 36.9. The largest absolute Gasteiger partial charge is 0.448 e.